The minimum Gasteiger partial charge on any atom is -0.264 e. The number of rotatable bonds is 3. The van der Waals surface area contributed by atoms with Crippen LogP contribution in [-0.2, 0) is 0 Å². The van der Waals surface area contributed by atoms with E-state index in [1.165, 1.54) is 5.56 Å². The van der Waals surface area contributed by atoms with Crippen molar-refractivity contribution in [2.75, 3.05) is 0 Å². The van der Waals surface area contributed by atoms with E-state index >= 15 is 0 Å². The fourth-order valence-corrected chi connectivity index (χ4v) is 2.02. The van der Waals surface area contributed by atoms with E-state index in [9.17, 15) is 0 Å². The Morgan fingerprint density at radius 3 is 2.28 bits per heavy atom. The molecule has 0 aliphatic carbocycles. The zero-order valence-corrected chi connectivity index (χ0v) is 11.5. The van der Waals surface area contributed by atoms with Crippen molar-refractivity contribution in [2.45, 2.75) is 39.5 Å². The van der Waals surface area contributed by atoms with Gasteiger partial charge in [-0.1, -0.05) is 39.8 Å². The topological polar surface area (TPSA) is 25.8 Å². The van der Waals surface area contributed by atoms with Crippen molar-refractivity contribution >= 4 is 0 Å². The van der Waals surface area contributed by atoms with Gasteiger partial charge in [0.1, 0.15) is 0 Å². The van der Waals surface area contributed by atoms with Gasteiger partial charge in [0.25, 0.3) is 0 Å². The number of pyridine rings is 2. The highest BCUT2D eigenvalue weighted by Crippen LogP contribution is 2.28. The Hall–Kier alpha value is -1.70. The molecule has 94 valence electrons. The zero-order chi connectivity index (χ0) is 13.1. The summed E-state index contributed by atoms with van der Waals surface area (Å²) in [6, 6.07) is 8.36. The monoisotopic (exact) mass is 240 g/mol. The first kappa shape index (κ1) is 12.7. The Kier molecular flexibility index (Phi) is 3.75. The molecule has 0 N–H and O–H groups in total. The Balaban J connectivity index is 2.54. The van der Waals surface area contributed by atoms with Crippen LogP contribution in [0.25, 0.3) is 11.1 Å². The maximum absolute atomic E-state index is 4.82. The molecule has 2 aromatic heterocycles. The second-order valence-corrected chi connectivity index (χ2v) is 5.22. The highest BCUT2D eigenvalue weighted by molar-refractivity contribution is 5.65. The number of hydrogen-bond acceptors (Lipinski definition) is 2. The third kappa shape index (κ3) is 2.58. The summed E-state index contributed by atoms with van der Waals surface area (Å²) < 4.78 is 0. The van der Waals surface area contributed by atoms with Crippen LogP contribution in [0.3, 0.4) is 0 Å². The molecule has 0 aliphatic rings. The first-order valence-electron chi connectivity index (χ1n) is 6.51. The Labute approximate surface area is 109 Å². The van der Waals surface area contributed by atoms with Gasteiger partial charge in [0.2, 0.25) is 0 Å². The predicted octanol–water partition coefficient (Wildman–Crippen LogP) is 4.39. The van der Waals surface area contributed by atoms with Gasteiger partial charge in [-0.15, -0.1) is 0 Å². The predicted molar refractivity (Wildman–Crippen MR) is 75.6 cm³/mol. The molecular weight excluding hydrogens is 220 g/mol. The van der Waals surface area contributed by atoms with Gasteiger partial charge in [0.05, 0.1) is 5.69 Å². The standard InChI is InChI=1S/C16H20N2/c1-11(2)15-8-7-14(16(18-15)12(3)4)13-6-5-9-17-10-13/h5-12H,1-4H3. The van der Waals surface area contributed by atoms with Gasteiger partial charge in [-0.05, 0) is 24.0 Å². The summed E-state index contributed by atoms with van der Waals surface area (Å²) in [5.74, 6) is 0.879. The highest BCUT2D eigenvalue weighted by atomic mass is 14.7. The minimum atomic E-state index is 0.416. The van der Waals surface area contributed by atoms with Crippen molar-refractivity contribution in [1.82, 2.24) is 9.97 Å². The third-order valence-corrected chi connectivity index (χ3v) is 3.06. The second kappa shape index (κ2) is 5.30. The molecule has 18 heavy (non-hydrogen) atoms. The van der Waals surface area contributed by atoms with Crippen LogP contribution in [-0.4, -0.2) is 9.97 Å². The largest absolute Gasteiger partial charge is 0.264 e. The molecule has 0 unspecified atom stereocenters. The van der Waals surface area contributed by atoms with Crippen molar-refractivity contribution in [3.8, 4) is 11.1 Å². The van der Waals surface area contributed by atoms with Gasteiger partial charge in [0, 0.05) is 29.2 Å². The smallest absolute Gasteiger partial charge is 0.0511 e. The average Bonchev–Trinajstić information content (AvgIpc) is 2.39. The lowest BCUT2D eigenvalue weighted by Crippen LogP contribution is -2.02. The average molecular weight is 240 g/mol. The quantitative estimate of drug-likeness (QED) is 0.795. The van der Waals surface area contributed by atoms with Crippen molar-refractivity contribution < 1.29 is 0 Å². The van der Waals surface area contributed by atoms with Crippen LogP contribution >= 0.6 is 0 Å². The number of aromatic nitrogens is 2. The van der Waals surface area contributed by atoms with E-state index in [-0.39, 0.29) is 0 Å². The van der Waals surface area contributed by atoms with E-state index in [1.54, 1.807) is 6.20 Å². The molecule has 2 heteroatoms. The van der Waals surface area contributed by atoms with Crippen LogP contribution < -0.4 is 0 Å². The molecule has 2 aromatic rings. The number of nitrogens with zero attached hydrogens (tertiary/aromatic N) is 2. The third-order valence-electron chi connectivity index (χ3n) is 3.06. The summed E-state index contributed by atoms with van der Waals surface area (Å²) in [7, 11) is 0. The van der Waals surface area contributed by atoms with Crippen LogP contribution in [0.15, 0.2) is 36.7 Å². The van der Waals surface area contributed by atoms with Crippen LogP contribution in [0.4, 0.5) is 0 Å². The molecule has 0 fully saturated rings. The van der Waals surface area contributed by atoms with E-state index in [1.807, 2.05) is 12.3 Å². The van der Waals surface area contributed by atoms with Gasteiger partial charge in [-0.3, -0.25) is 9.97 Å². The summed E-state index contributed by atoms with van der Waals surface area (Å²) in [4.78, 5) is 9.01. The fraction of sp³-hybridized carbons (Fsp3) is 0.375. The maximum atomic E-state index is 4.82. The van der Waals surface area contributed by atoms with Crippen LogP contribution in [0.2, 0.25) is 0 Å². The SMILES string of the molecule is CC(C)c1ccc(-c2cccnc2)c(C(C)C)n1. The minimum absolute atomic E-state index is 0.416. The molecule has 0 saturated carbocycles. The van der Waals surface area contributed by atoms with Crippen LogP contribution in [0.1, 0.15) is 50.9 Å². The summed E-state index contributed by atoms with van der Waals surface area (Å²) in [6.45, 7) is 8.73. The van der Waals surface area contributed by atoms with E-state index in [4.69, 9.17) is 4.98 Å². The van der Waals surface area contributed by atoms with Crippen molar-refractivity contribution in [1.29, 1.82) is 0 Å². The van der Waals surface area contributed by atoms with Crippen molar-refractivity contribution in [3.05, 3.63) is 48.0 Å². The zero-order valence-electron chi connectivity index (χ0n) is 11.5. The fourth-order valence-electron chi connectivity index (χ4n) is 2.02. The molecule has 0 radical (unpaired) electrons. The van der Waals surface area contributed by atoms with E-state index < -0.39 is 0 Å². The highest BCUT2D eigenvalue weighted by Gasteiger charge is 2.12. The molecule has 2 rings (SSSR count). The van der Waals surface area contributed by atoms with E-state index in [0.29, 0.717) is 11.8 Å². The molecule has 0 saturated heterocycles. The molecule has 0 spiro atoms. The van der Waals surface area contributed by atoms with Crippen molar-refractivity contribution in [3.63, 3.8) is 0 Å². The van der Waals surface area contributed by atoms with Gasteiger partial charge in [-0.25, -0.2) is 0 Å². The number of hydrogen-bond donors (Lipinski definition) is 0. The maximum Gasteiger partial charge on any atom is 0.0511 e. The van der Waals surface area contributed by atoms with Gasteiger partial charge in [0.15, 0.2) is 0 Å². The first-order valence-corrected chi connectivity index (χ1v) is 6.51. The normalized spacial score (nSPS) is 11.2. The molecule has 2 heterocycles. The van der Waals surface area contributed by atoms with Crippen LogP contribution in [0.5, 0.6) is 0 Å². The lowest BCUT2D eigenvalue weighted by atomic mass is 9.97. The summed E-state index contributed by atoms with van der Waals surface area (Å²) >= 11 is 0. The lowest BCUT2D eigenvalue weighted by Gasteiger charge is -2.15. The summed E-state index contributed by atoms with van der Waals surface area (Å²) in [5.41, 5.74) is 4.66. The summed E-state index contributed by atoms with van der Waals surface area (Å²) in [6.07, 6.45) is 3.70. The molecule has 2 nitrogen and oxygen atoms in total. The molecule has 0 aliphatic heterocycles. The Morgan fingerprint density at radius 1 is 0.944 bits per heavy atom. The molecule has 0 bridgehead atoms. The Morgan fingerprint density at radius 2 is 1.72 bits per heavy atom. The molecule has 0 atom stereocenters. The van der Waals surface area contributed by atoms with Gasteiger partial charge < -0.3 is 0 Å². The first-order chi connectivity index (χ1) is 8.59. The lowest BCUT2D eigenvalue weighted by molar-refractivity contribution is 0.767. The summed E-state index contributed by atoms with van der Waals surface area (Å²) in [5, 5.41) is 0. The molecule has 0 amide bonds. The van der Waals surface area contributed by atoms with Crippen molar-refractivity contribution in [2.24, 2.45) is 0 Å². The second-order valence-electron chi connectivity index (χ2n) is 5.22. The van der Waals surface area contributed by atoms with Gasteiger partial charge in [-0.2, -0.15) is 0 Å². The Bertz CT molecular complexity index is 516. The van der Waals surface area contributed by atoms with E-state index in [2.05, 4.69) is 50.9 Å². The molecular formula is C16H20N2. The van der Waals surface area contributed by atoms with E-state index in [0.717, 1.165) is 17.0 Å². The van der Waals surface area contributed by atoms with Gasteiger partial charge >= 0.3 is 0 Å². The molecule has 0 aromatic carbocycles. The van der Waals surface area contributed by atoms with Crippen LogP contribution in [0, 0.1) is 0 Å².